The van der Waals surface area contributed by atoms with Crippen molar-refractivity contribution in [2.75, 3.05) is 0 Å². The Kier molecular flexibility index (Phi) is 2.15. The number of benzene rings is 1. The quantitative estimate of drug-likeness (QED) is 0.695. The second kappa shape index (κ2) is 3.30. The van der Waals surface area contributed by atoms with Gasteiger partial charge in [0, 0.05) is 18.0 Å². The molecular formula is C10H9ClN2. The van der Waals surface area contributed by atoms with Crippen LogP contribution in [0.2, 0.25) is 5.02 Å². The Bertz CT molecular complexity index is 440. The van der Waals surface area contributed by atoms with Crippen molar-refractivity contribution in [2.45, 2.75) is 13.3 Å². The zero-order chi connectivity index (χ0) is 9.26. The molecule has 0 bridgehead atoms. The molecule has 3 heteroatoms. The largest absolute Gasteiger partial charge is 0.241 e. The molecule has 0 atom stereocenters. The number of nitrogens with zero attached hydrogens (tertiary/aromatic N) is 2. The van der Waals surface area contributed by atoms with E-state index in [0.29, 0.717) is 5.02 Å². The highest BCUT2D eigenvalue weighted by molar-refractivity contribution is 6.34. The van der Waals surface area contributed by atoms with Gasteiger partial charge < -0.3 is 0 Å². The molecule has 66 valence electrons. The molecular weight excluding hydrogens is 184 g/mol. The fraction of sp³-hybridized carbons (Fsp3) is 0.200. The maximum absolute atomic E-state index is 6.00. The Balaban J connectivity index is 2.74. The van der Waals surface area contributed by atoms with Gasteiger partial charge in [-0.25, -0.2) is 9.97 Å². The number of rotatable bonds is 1. The standard InChI is InChI=1S/C10H9ClN2/c1-2-9-12-6-7-4-3-5-8(11)10(7)13-9/h3-6H,2H2,1H3. The predicted molar refractivity (Wildman–Crippen MR) is 53.9 cm³/mol. The molecule has 0 saturated heterocycles. The lowest BCUT2D eigenvalue weighted by molar-refractivity contribution is 0.961. The Morgan fingerprint density at radius 3 is 3.00 bits per heavy atom. The summed E-state index contributed by atoms with van der Waals surface area (Å²) in [5.41, 5.74) is 0.844. The third-order valence-electron chi connectivity index (χ3n) is 1.93. The fourth-order valence-corrected chi connectivity index (χ4v) is 1.45. The van der Waals surface area contributed by atoms with E-state index in [4.69, 9.17) is 11.6 Å². The van der Waals surface area contributed by atoms with Gasteiger partial charge in [0.1, 0.15) is 5.82 Å². The van der Waals surface area contributed by atoms with Crippen LogP contribution in [-0.4, -0.2) is 9.97 Å². The molecule has 0 unspecified atom stereocenters. The molecule has 0 amide bonds. The van der Waals surface area contributed by atoms with Crippen LogP contribution in [0.4, 0.5) is 0 Å². The minimum absolute atomic E-state index is 0.689. The summed E-state index contributed by atoms with van der Waals surface area (Å²) in [7, 11) is 0. The molecule has 0 aliphatic carbocycles. The molecule has 1 aromatic heterocycles. The van der Waals surface area contributed by atoms with Gasteiger partial charge in [0.15, 0.2) is 0 Å². The molecule has 2 nitrogen and oxygen atoms in total. The van der Waals surface area contributed by atoms with Crippen molar-refractivity contribution in [3.63, 3.8) is 0 Å². The lowest BCUT2D eigenvalue weighted by atomic mass is 10.2. The molecule has 0 N–H and O–H groups in total. The van der Waals surface area contributed by atoms with E-state index in [1.165, 1.54) is 0 Å². The molecule has 13 heavy (non-hydrogen) atoms. The number of fused-ring (bicyclic) bond motifs is 1. The summed E-state index contributed by atoms with van der Waals surface area (Å²) in [5, 5.41) is 1.68. The highest BCUT2D eigenvalue weighted by atomic mass is 35.5. The SMILES string of the molecule is CCc1ncc2cccc(Cl)c2n1. The van der Waals surface area contributed by atoms with E-state index in [0.717, 1.165) is 23.1 Å². The van der Waals surface area contributed by atoms with E-state index in [-0.39, 0.29) is 0 Å². The average Bonchev–Trinajstić information content (AvgIpc) is 2.18. The zero-order valence-electron chi connectivity index (χ0n) is 7.29. The molecule has 2 aromatic rings. The highest BCUT2D eigenvalue weighted by Crippen LogP contribution is 2.20. The zero-order valence-corrected chi connectivity index (χ0v) is 8.04. The summed E-state index contributed by atoms with van der Waals surface area (Å²) in [6.07, 6.45) is 2.65. The molecule has 0 radical (unpaired) electrons. The minimum Gasteiger partial charge on any atom is -0.241 e. The van der Waals surface area contributed by atoms with E-state index >= 15 is 0 Å². The maximum atomic E-state index is 6.00. The first-order chi connectivity index (χ1) is 6.31. The molecule has 0 fully saturated rings. The van der Waals surface area contributed by atoms with Crippen molar-refractivity contribution < 1.29 is 0 Å². The molecule has 0 aliphatic rings. The van der Waals surface area contributed by atoms with Gasteiger partial charge in [0.2, 0.25) is 0 Å². The monoisotopic (exact) mass is 192 g/mol. The lowest BCUT2D eigenvalue weighted by Crippen LogP contribution is -1.92. The van der Waals surface area contributed by atoms with Gasteiger partial charge in [-0.2, -0.15) is 0 Å². The van der Waals surface area contributed by atoms with Crippen molar-refractivity contribution in [3.8, 4) is 0 Å². The van der Waals surface area contributed by atoms with Crippen LogP contribution in [0.3, 0.4) is 0 Å². The summed E-state index contributed by atoms with van der Waals surface area (Å²) in [6.45, 7) is 2.03. The lowest BCUT2D eigenvalue weighted by Gasteiger charge is -2.00. The van der Waals surface area contributed by atoms with Crippen LogP contribution >= 0.6 is 11.6 Å². The first kappa shape index (κ1) is 8.45. The predicted octanol–water partition coefficient (Wildman–Crippen LogP) is 2.85. The van der Waals surface area contributed by atoms with Gasteiger partial charge in [-0.1, -0.05) is 30.7 Å². The molecule has 0 saturated carbocycles. The summed E-state index contributed by atoms with van der Waals surface area (Å²) >= 11 is 6.00. The first-order valence-electron chi connectivity index (χ1n) is 4.21. The summed E-state index contributed by atoms with van der Waals surface area (Å²) < 4.78 is 0. The third kappa shape index (κ3) is 1.49. The number of halogens is 1. The van der Waals surface area contributed by atoms with E-state index < -0.39 is 0 Å². The van der Waals surface area contributed by atoms with Gasteiger partial charge in [0.25, 0.3) is 0 Å². The molecule has 0 aliphatic heterocycles. The van der Waals surface area contributed by atoms with Gasteiger partial charge in [-0.05, 0) is 6.07 Å². The van der Waals surface area contributed by atoms with Crippen LogP contribution in [0.1, 0.15) is 12.7 Å². The van der Waals surface area contributed by atoms with Crippen molar-refractivity contribution >= 4 is 22.5 Å². The fourth-order valence-electron chi connectivity index (χ4n) is 1.23. The first-order valence-corrected chi connectivity index (χ1v) is 4.59. The van der Waals surface area contributed by atoms with Crippen LogP contribution < -0.4 is 0 Å². The normalized spacial score (nSPS) is 10.6. The third-order valence-corrected chi connectivity index (χ3v) is 2.23. The molecule has 1 heterocycles. The highest BCUT2D eigenvalue weighted by Gasteiger charge is 2.01. The molecule has 0 spiro atoms. The summed E-state index contributed by atoms with van der Waals surface area (Å²) in [6, 6.07) is 5.70. The van der Waals surface area contributed by atoms with Crippen LogP contribution in [-0.2, 0) is 6.42 Å². The van der Waals surface area contributed by atoms with E-state index in [2.05, 4.69) is 9.97 Å². The number of aromatic nitrogens is 2. The number of aryl methyl sites for hydroxylation is 1. The van der Waals surface area contributed by atoms with Crippen LogP contribution in [0.25, 0.3) is 10.9 Å². The van der Waals surface area contributed by atoms with Crippen LogP contribution in [0, 0.1) is 0 Å². The number of hydrogen-bond acceptors (Lipinski definition) is 2. The number of hydrogen-bond donors (Lipinski definition) is 0. The Hall–Kier alpha value is -1.15. The van der Waals surface area contributed by atoms with Crippen molar-refractivity contribution in [1.29, 1.82) is 0 Å². The maximum Gasteiger partial charge on any atom is 0.128 e. The smallest absolute Gasteiger partial charge is 0.128 e. The second-order valence-corrected chi connectivity index (χ2v) is 3.22. The van der Waals surface area contributed by atoms with Crippen LogP contribution in [0.5, 0.6) is 0 Å². The van der Waals surface area contributed by atoms with Crippen molar-refractivity contribution in [2.24, 2.45) is 0 Å². The minimum atomic E-state index is 0.689. The van der Waals surface area contributed by atoms with Crippen LogP contribution in [0.15, 0.2) is 24.4 Å². The molecule has 1 aromatic carbocycles. The van der Waals surface area contributed by atoms with E-state index in [1.807, 2.05) is 31.3 Å². The van der Waals surface area contributed by atoms with Gasteiger partial charge in [-0.3, -0.25) is 0 Å². The van der Waals surface area contributed by atoms with E-state index in [1.54, 1.807) is 0 Å². The molecule has 2 rings (SSSR count). The van der Waals surface area contributed by atoms with E-state index in [9.17, 15) is 0 Å². The van der Waals surface area contributed by atoms with Gasteiger partial charge in [-0.15, -0.1) is 0 Å². The van der Waals surface area contributed by atoms with Gasteiger partial charge >= 0.3 is 0 Å². The Labute approximate surface area is 81.6 Å². The Morgan fingerprint density at radius 2 is 2.23 bits per heavy atom. The summed E-state index contributed by atoms with van der Waals surface area (Å²) in [5.74, 6) is 0.834. The number of para-hydroxylation sites is 1. The van der Waals surface area contributed by atoms with Gasteiger partial charge in [0.05, 0.1) is 10.5 Å². The second-order valence-electron chi connectivity index (χ2n) is 2.82. The van der Waals surface area contributed by atoms with Crippen molar-refractivity contribution in [1.82, 2.24) is 9.97 Å². The van der Waals surface area contributed by atoms with Crippen molar-refractivity contribution in [3.05, 3.63) is 35.2 Å². The topological polar surface area (TPSA) is 25.8 Å². The summed E-state index contributed by atoms with van der Waals surface area (Å²) in [4.78, 5) is 8.55. The average molecular weight is 193 g/mol. The Morgan fingerprint density at radius 1 is 1.38 bits per heavy atom.